The second-order valence-corrected chi connectivity index (χ2v) is 7.52. The fourth-order valence-electron chi connectivity index (χ4n) is 2.41. The molecule has 1 N–H and O–H groups in total. The van der Waals surface area contributed by atoms with Crippen molar-refractivity contribution in [3.63, 3.8) is 0 Å². The third-order valence-electron chi connectivity index (χ3n) is 3.61. The maximum atomic E-state index is 12.4. The van der Waals surface area contributed by atoms with Crippen LogP contribution in [0.2, 0.25) is 10.0 Å². The third kappa shape index (κ3) is 4.92. The van der Waals surface area contributed by atoms with Gasteiger partial charge >= 0.3 is 5.97 Å². The Kier molecular flexibility index (Phi) is 6.49. The summed E-state index contributed by atoms with van der Waals surface area (Å²) in [4.78, 5) is 29.4. The number of aromatic nitrogens is 3. The van der Waals surface area contributed by atoms with Crippen molar-refractivity contribution in [3.05, 3.63) is 51.3 Å². The molecule has 2 heterocycles. The number of carbonyl (C=O) groups is 2. The van der Waals surface area contributed by atoms with Crippen LogP contribution in [0, 0.1) is 11.3 Å². The summed E-state index contributed by atoms with van der Waals surface area (Å²) in [5, 5.41) is 16.2. The van der Waals surface area contributed by atoms with Crippen LogP contribution in [-0.4, -0.2) is 33.2 Å². The van der Waals surface area contributed by atoms with Gasteiger partial charge in [0, 0.05) is 15.5 Å². The SMILES string of the molecule is CCOC(=O)c1sc(-c2ccc(Cl)cc2Cl)cc1NC(=O)Cn1cnc(C#N)n1. The van der Waals surface area contributed by atoms with E-state index < -0.39 is 11.9 Å². The number of ether oxygens (including phenoxy) is 1. The Morgan fingerprint density at radius 1 is 1.34 bits per heavy atom. The zero-order valence-corrected chi connectivity index (χ0v) is 17.3. The van der Waals surface area contributed by atoms with E-state index in [4.69, 9.17) is 33.2 Å². The molecule has 1 amide bonds. The van der Waals surface area contributed by atoms with Gasteiger partial charge in [0.1, 0.15) is 23.8 Å². The topological polar surface area (TPSA) is 110 Å². The maximum Gasteiger partial charge on any atom is 0.350 e. The highest BCUT2D eigenvalue weighted by Gasteiger charge is 2.21. The van der Waals surface area contributed by atoms with Gasteiger partial charge < -0.3 is 10.1 Å². The van der Waals surface area contributed by atoms with Crippen molar-refractivity contribution in [2.45, 2.75) is 13.5 Å². The van der Waals surface area contributed by atoms with Crippen molar-refractivity contribution in [3.8, 4) is 16.5 Å². The minimum absolute atomic E-state index is 0.0415. The molecule has 0 aliphatic rings. The van der Waals surface area contributed by atoms with E-state index in [-0.39, 0.29) is 23.9 Å². The predicted octanol–water partition coefficient (Wildman–Crippen LogP) is 4.00. The first-order chi connectivity index (χ1) is 13.9. The van der Waals surface area contributed by atoms with Crippen LogP contribution >= 0.6 is 34.5 Å². The summed E-state index contributed by atoms with van der Waals surface area (Å²) in [5.74, 6) is -1.05. The summed E-state index contributed by atoms with van der Waals surface area (Å²) in [6, 6.07) is 8.44. The number of nitrogens with zero attached hydrogens (tertiary/aromatic N) is 4. The fraction of sp³-hybridized carbons (Fsp3) is 0.167. The lowest BCUT2D eigenvalue weighted by Gasteiger charge is -2.06. The van der Waals surface area contributed by atoms with Crippen LogP contribution in [0.5, 0.6) is 0 Å². The van der Waals surface area contributed by atoms with Crippen LogP contribution in [-0.2, 0) is 16.1 Å². The lowest BCUT2D eigenvalue weighted by Crippen LogP contribution is -2.20. The summed E-state index contributed by atoms with van der Waals surface area (Å²) in [5.41, 5.74) is 0.960. The number of esters is 1. The Labute approximate surface area is 179 Å². The zero-order chi connectivity index (χ0) is 21.0. The van der Waals surface area contributed by atoms with E-state index in [1.807, 2.05) is 0 Å². The molecule has 148 valence electrons. The smallest absolute Gasteiger partial charge is 0.350 e. The van der Waals surface area contributed by atoms with Gasteiger partial charge in [0.2, 0.25) is 5.91 Å². The fourth-order valence-corrected chi connectivity index (χ4v) is 4.03. The van der Waals surface area contributed by atoms with E-state index in [0.29, 0.717) is 26.2 Å². The first-order valence-electron chi connectivity index (χ1n) is 8.27. The van der Waals surface area contributed by atoms with Crippen molar-refractivity contribution in [2.75, 3.05) is 11.9 Å². The monoisotopic (exact) mass is 449 g/mol. The molecule has 0 saturated heterocycles. The van der Waals surface area contributed by atoms with Gasteiger partial charge in [0.05, 0.1) is 17.3 Å². The molecule has 0 radical (unpaired) electrons. The number of rotatable bonds is 6. The van der Waals surface area contributed by atoms with Gasteiger partial charge in [-0.15, -0.1) is 16.4 Å². The average Bonchev–Trinajstić information content (AvgIpc) is 3.29. The standard InChI is InChI=1S/C18H13Cl2N5O3S/c1-2-28-18(27)17-13(23-16(26)8-25-9-22-15(7-21)24-25)6-14(29-17)11-4-3-10(19)5-12(11)20/h3-6,9H,2,8H2,1H3,(H,23,26). The predicted molar refractivity (Wildman–Crippen MR) is 109 cm³/mol. The van der Waals surface area contributed by atoms with Gasteiger partial charge in [0.15, 0.2) is 0 Å². The maximum absolute atomic E-state index is 12.4. The average molecular weight is 450 g/mol. The highest BCUT2D eigenvalue weighted by Crippen LogP contribution is 2.39. The van der Waals surface area contributed by atoms with Gasteiger partial charge in [0.25, 0.3) is 5.82 Å². The molecule has 0 saturated carbocycles. The molecule has 3 rings (SSSR count). The number of anilines is 1. The minimum atomic E-state index is -0.559. The lowest BCUT2D eigenvalue weighted by atomic mass is 10.2. The van der Waals surface area contributed by atoms with Crippen molar-refractivity contribution < 1.29 is 14.3 Å². The number of halogens is 2. The van der Waals surface area contributed by atoms with Gasteiger partial charge in [-0.25, -0.2) is 14.5 Å². The second-order valence-electron chi connectivity index (χ2n) is 5.62. The lowest BCUT2D eigenvalue weighted by molar-refractivity contribution is -0.116. The van der Waals surface area contributed by atoms with Gasteiger partial charge in [-0.05, 0) is 25.1 Å². The van der Waals surface area contributed by atoms with Crippen molar-refractivity contribution in [1.29, 1.82) is 5.26 Å². The summed E-state index contributed by atoms with van der Waals surface area (Å²) in [7, 11) is 0. The molecular formula is C18H13Cl2N5O3S. The van der Waals surface area contributed by atoms with Crippen LogP contribution in [0.3, 0.4) is 0 Å². The van der Waals surface area contributed by atoms with E-state index in [9.17, 15) is 9.59 Å². The van der Waals surface area contributed by atoms with Crippen molar-refractivity contribution >= 4 is 52.1 Å². The molecule has 0 bridgehead atoms. The molecule has 0 aliphatic heterocycles. The number of amides is 1. The minimum Gasteiger partial charge on any atom is -0.462 e. The molecule has 11 heteroatoms. The van der Waals surface area contributed by atoms with Gasteiger partial charge in [-0.1, -0.05) is 29.3 Å². The highest BCUT2D eigenvalue weighted by molar-refractivity contribution is 7.18. The van der Waals surface area contributed by atoms with E-state index in [1.165, 1.54) is 11.0 Å². The Bertz CT molecular complexity index is 1120. The summed E-state index contributed by atoms with van der Waals surface area (Å²) < 4.78 is 6.31. The molecule has 0 unspecified atom stereocenters. The normalized spacial score (nSPS) is 10.4. The number of benzene rings is 1. The summed E-state index contributed by atoms with van der Waals surface area (Å²) in [6.07, 6.45) is 1.27. The first kappa shape index (κ1) is 20.8. The van der Waals surface area contributed by atoms with Crippen LogP contribution in [0.15, 0.2) is 30.6 Å². The largest absolute Gasteiger partial charge is 0.462 e. The van der Waals surface area contributed by atoms with E-state index in [2.05, 4.69) is 15.4 Å². The molecule has 29 heavy (non-hydrogen) atoms. The molecule has 0 spiro atoms. The molecule has 0 fully saturated rings. The quantitative estimate of drug-likeness (QED) is 0.569. The van der Waals surface area contributed by atoms with Crippen LogP contribution in [0.4, 0.5) is 5.69 Å². The Morgan fingerprint density at radius 2 is 2.14 bits per heavy atom. The van der Waals surface area contributed by atoms with Crippen molar-refractivity contribution in [1.82, 2.24) is 14.8 Å². The number of carbonyl (C=O) groups excluding carboxylic acids is 2. The number of nitriles is 1. The van der Waals surface area contributed by atoms with E-state index in [1.54, 1.807) is 37.3 Å². The Hall–Kier alpha value is -2.93. The van der Waals surface area contributed by atoms with Crippen LogP contribution in [0.25, 0.3) is 10.4 Å². The van der Waals surface area contributed by atoms with Crippen molar-refractivity contribution in [2.24, 2.45) is 0 Å². The summed E-state index contributed by atoms with van der Waals surface area (Å²) in [6.45, 7) is 1.71. The molecule has 2 aromatic heterocycles. The molecule has 0 aliphatic carbocycles. The van der Waals surface area contributed by atoms with E-state index >= 15 is 0 Å². The van der Waals surface area contributed by atoms with Gasteiger partial charge in [-0.2, -0.15) is 5.26 Å². The second kappa shape index (κ2) is 9.05. The Morgan fingerprint density at radius 3 is 2.79 bits per heavy atom. The Balaban J connectivity index is 1.89. The highest BCUT2D eigenvalue weighted by atomic mass is 35.5. The zero-order valence-electron chi connectivity index (χ0n) is 15.0. The number of thiophene rings is 1. The van der Waals surface area contributed by atoms with E-state index in [0.717, 1.165) is 11.3 Å². The molecule has 3 aromatic rings. The summed E-state index contributed by atoms with van der Waals surface area (Å²) >= 11 is 13.4. The third-order valence-corrected chi connectivity index (χ3v) is 5.30. The van der Waals surface area contributed by atoms with Crippen LogP contribution in [0.1, 0.15) is 22.4 Å². The number of hydrogen-bond donors (Lipinski definition) is 1. The molecule has 0 atom stereocenters. The molecule has 1 aromatic carbocycles. The molecule has 8 nitrogen and oxygen atoms in total. The van der Waals surface area contributed by atoms with Gasteiger partial charge in [-0.3, -0.25) is 4.79 Å². The molecular weight excluding hydrogens is 437 g/mol. The van der Waals surface area contributed by atoms with Crippen LogP contribution < -0.4 is 5.32 Å². The number of hydrogen-bond acceptors (Lipinski definition) is 7. The first-order valence-corrected chi connectivity index (χ1v) is 9.84. The number of nitrogens with one attached hydrogen (secondary N) is 1.